The predicted molar refractivity (Wildman–Crippen MR) is 232 cm³/mol. The van der Waals surface area contributed by atoms with Crippen LogP contribution in [0.5, 0.6) is 17.2 Å². The zero-order chi connectivity index (χ0) is 42.9. The molecule has 6 N–H and O–H groups in total. The van der Waals surface area contributed by atoms with Crippen LogP contribution < -0.4 is 41.7 Å². The molecule has 2 saturated heterocycles. The predicted octanol–water partition coefficient (Wildman–Crippen LogP) is 6.47. The van der Waals surface area contributed by atoms with Gasteiger partial charge in [-0.3, -0.25) is 14.0 Å². The van der Waals surface area contributed by atoms with E-state index < -0.39 is 28.6 Å². The molecule has 9 rings (SSSR count). The maximum Gasteiger partial charge on any atom is 0.344 e. The number of halogens is 2. The maximum absolute atomic E-state index is 15.4. The van der Waals surface area contributed by atoms with Crippen molar-refractivity contribution in [2.24, 2.45) is 23.3 Å². The van der Waals surface area contributed by atoms with Crippen molar-refractivity contribution in [3.63, 3.8) is 0 Å². The van der Waals surface area contributed by atoms with E-state index in [0.29, 0.717) is 64.9 Å². The number of aromatic hydroxyl groups is 1. The van der Waals surface area contributed by atoms with Crippen LogP contribution in [0, 0.1) is 28.1 Å². The maximum atomic E-state index is 15.4. The van der Waals surface area contributed by atoms with Gasteiger partial charge in [-0.05, 0) is 94.8 Å². The van der Waals surface area contributed by atoms with Crippen molar-refractivity contribution in [2.45, 2.75) is 83.5 Å². The number of hydrogen-bond acceptors (Lipinski definition) is 13. The van der Waals surface area contributed by atoms with Crippen LogP contribution in [0.2, 0.25) is 0 Å². The first kappa shape index (κ1) is 41.9. The molecule has 4 aliphatic rings. The summed E-state index contributed by atoms with van der Waals surface area (Å²) in [7, 11) is 2.98. The largest absolute Gasteiger partial charge is 0.506 e. The monoisotopic (exact) mass is 867 g/mol. The smallest absolute Gasteiger partial charge is 0.344 e. The van der Waals surface area contributed by atoms with Gasteiger partial charge in [0.05, 0.1) is 37.2 Å². The van der Waals surface area contributed by atoms with Crippen LogP contribution in [-0.4, -0.2) is 83.7 Å². The zero-order valence-corrected chi connectivity index (χ0v) is 35.9. The molecule has 4 atom stereocenters. The molecule has 5 heterocycles. The molecule has 2 aliphatic heterocycles. The van der Waals surface area contributed by atoms with Crippen LogP contribution in [0.15, 0.2) is 21.7 Å². The first-order valence-electron chi connectivity index (χ1n) is 20.5. The molecule has 0 amide bonds. The SMILES string of the molecule is CCOC(=O)c1c(O)c2cc(F)c(N3CC[C@@H]([C@H](C)N)C3)c(OC)c2n(C2CC2)c1=S.COc1c(N2CC[C@@H]([C@H](C)N)C2)c(F)cc2c(=O)c3c(=O)[nH]sc3n(C3CC3)c12. The minimum atomic E-state index is -0.718. The summed E-state index contributed by atoms with van der Waals surface area (Å²) in [5, 5.41) is 11.4. The number of aromatic nitrogens is 3. The van der Waals surface area contributed by atoms with E-state index in [1.807, 2.05) is 32.8 Å². The molecule has 5 aromatic rings. The van der Waals surface area contributed by atoms with E-state index in [1.54, 1.807) is 6.92 Å². The van der Waals surface area contributed by atoms with Crippen LogP contribution in [0.3, 0.4) is 0 Å². The number of hydrogen-bond donors (Lipinski definition) is 4. The van der Waals surface area contributed by atoms with E-state index >= 15 is 8.78 Å². The molecule has 0 spiro atoms. The second-order valence-corrected chi connectivity index (χ2v) is 17.7. The fourth-order valence-electron chi connectivity index (χ4n) is 8.97. The number of aromatic amines is 1. The number of carbonyl (C=O) groups excluding carboxylic acids is 1. The second kappa shape index (κ2) is 16.2. The Kier molecular flexibility index (Phi) is 11.4. The fourth-order valence-corrected chi connectivity index (χ4v) is 10.3. The second-order valence-electron chi connectivity index (χ2n) is 16.5. The fraction of sp³-hybridized carbons (Fsp3) is 0.524. The first-order valence-corrected chi connectivity index (χ1v) is 21.8. The van der Waals surface area contributed by atoms with Crippen molar-refractivity contribution in [3.05, 3.63) is 54.5 Å². The van der Waals surface area contributed by atoms with Crippen molar-refractivity contribution in [3.8, 4) is 17.2 Å². The minimum Gasteiger partial charge on any atom is -0.506 e. The molecule has 322 valence electrons. The molecule has 2 aromatic carbocycles. The highest BCUT2D eigenvalue weighted by molar-refractivity contribution is 7.71. The summed E-state index contributed by atoms with van der Waals surface area (Å²) in [4.78, 5) is 42.4. The third-order valence-electron chi connectivity index (χ3n) is 12.4. The number of nitrogens with zero attached hydrogens (tertiary/aromatic N) is 4. The summed E-state index contributed by atoms with van der Waals surface area (Å²) in [6, 6.07) is 2.80. The standard InChI is InChI=1S/C22H28FN3O4S.C20H23FN4O3S/c1-4-30-22(28)16-19(27)14-9-15(23)18(25-8-7-12(10-25)11(2)24)20(29-3)17(14)26(21(16)31)13-5-6-13;1-9(22)10-5-6-24(8-10)16-13(21)7-12-15(18(16)28-2)25(11-3-4-11)20-14(17(12)26)19(27)23-29-20/h9,11-13,27H,4-8,10,24H2,1-3H3;7,9-11H,3-6,8,22H2,1-2H3,(H,23,27)/t11-,12+;9-,10+/m00/s1. The van der Waals surface area contributed by atoms with Crippen LogP contribution in [0.25, 0.3) is 32.0 Å². The Balaban J connectivity index is 0.000000167. The van der Waals surface area contributed by atoms with Crippen LogP contribution in [0.1, 0.15) is 81.7 Å². The lowest BCUT2D eigenvalue weighted by atomic mass is 10.0. The zero-order valence-electron chi connectivity index (χ0n) is 34.3. The number of benzene rings is 2. The average Bonchev–Trinajstić information content (AvgIpc) is 4.08. The van der Waals surface area contributed by atoms with Gasteiger partial charge in [0.2, 0.25) is 5.43 Å². The van der Waals surface area contributed by atoms with E-state index in [-0.39, 0.29) is 74.7 Å². The Bertz CT molecular complexity index is 2700. The highest BCUT2D eigenvalue weighted by atomic mass is 32.1. The van der Waals surface area contributed by atoms with E-state index in [9.17, 15) is 19.5 Å². The average molecular weight is 868 g/mol. The third kappa shape index (κ3) is 7.08. The number of carbonyl (C=O) groups is 1. The molecule has 14 nitrogen and oxygen atoms in total. The topological polar surface area (TPSA) is 183 Å². The van der Waals surface area contributed by atoms with Gasteiger partial charge in [-0.2, -0.15) is 0 Å². The Labute approximate surface area is 353 Å². The van der Waals surface area contributed by atoms with E-state index in [1.165, 1.54) is 26.4 Å². The number of rotatable bonds is 10. The molecule has 2 aliphatic carbocycles. The lowest BCUT2D eigenvalue weighted by Crippen LogP contribution is -2.30. The molecular weight excluding hydrogens is 817 g/mol. The number of anilines is 2. The number of nitrogens with two attached hydrogens (primary N) is 2. The van der Waals surface area contributed by atoms with Crippen molar-refractivity contribution in [2.75, 3.05) is 56.8 Å². The highest BCUT2D eigenvalue weighted by Crippen LogP contribution is 2.49. The lowest BCUT2D eigenvalue weighted by Gasteiger charge is -2.26. The van der Waals surface area contributed by atoms with Gasteiger partial charge in [0.1, 0.15) is 37.5 Å². The van der Waals surface area contributed by atoms with Gasteiger partial charge in [0.15, 0.2) is 23.1 Å². The lowest BCUT2D eigenvalue weighted by molar-refractivity contribution is 0.0521. The van der Waals surface area contributed by atoms with Gasteiger partial charge >= 0.3 is 5.97 Å². The van der Waals surface area contributed by atoms with Crippen molar-refractivity contribution in [1.29, 1.82) is 0 Å². The third-order valence-corrected chi connectivity index (χ3v) is 13.7. The molecule has 60 heavy (non-hydrogen) atoms. The van der Waals surface area contributed by atoms with Crippen molar-refractivity contribution in [1.82, 2.24) is 13.5 Å². The first-order chi connectivity index (χ1) is 28.7. The molecule has 18 heteroatoms. The molecule has 0 radical (unpaired) electrons. The number of esters is 1. The number of ether oxygens (including phenoxy) is 3. The van der Waals surface area contributed by atoms with E-state index in [0.717, 1.165) is 50.1 Å². The number of H-pyrrole nitrogens is 1. The minimum absolute atomic E-state index is 0.00587. The van der Waals surface area contributed by atoms with Gasteiger partial charge in [-0.15, -0.1) is 0 Å². The molecule has 2 saturated carbocycles. The van der Waals surface area contributed by atoms with Gasteiger partial charge in [0.25, 0.3) is 5.56 Å². The van der Waals surface area contributed by atoms with Crippen molar-refractivity contribution < 1.29 is 32.9 Å². The molecular formula is C42H51F2N7O7S2. The van der Waals surface area contributed by atoms with Crippen LogP contribution in [0.4, 0.5) is 20.2 Å². The van der Waals surface area contributed by atoms with Crippen LogP contribution in [-0.2, 0) is 4.74 Å². The molecule has 3 aromatic heterocycles. The summed E-state index contributed by atoms with van der Waals surface area (Å²) < 4.78 is 53.9. The Morgan fingerprint density at radius 3 is 1.85 bits per heavy atom. The summed E-state index contributed by atoms with van der Waals surface area (Å²) in [6.45, 7) is 8.34. The molecule has 4 fully saturated rings. The number of nitrogens with one attached hydrogen (secondary N) is 1. The summed E-state index contributed by atoms with van der Waals surface area (Å²) >= 11 is 6.76. The Morgan fingerprint density at radius 2 is 1.38 bits per heavy atom. The summed E-state index contributed by atoms with van der Waals surface area (Å²) in [6.07, 6.45) is 5.40. The number of fused-ring (bicyclic) bond motifs is 3. The Morgan fingerprint density at radius 1 is 0.883 bits per heavy atom. The van der Waals surface area contributed by atoms with Gasteiger partial charge in [0, 0.05) is 55.7 Å². The van der Waals surface area contributed by atoms with E-state index in [4.69, 9.17) is 37.9 Å². The number of methoxy groups -OCH3 is 2. The summed E-state index contributed by atoms with van der Waals surface area (Å²) in [5.41, 5.74) is 12.9. The molecule has 0 bridgehead atoms. The van der Waals surface area contributed by atoms with E-state index in [2.05, 4.69) is 4.37 Å². The summed E-state index contributed by atoms with van der Waals surface area (Å²) in [5.74, 6) is -0.939. The number of pyridine rings is 2. The van der Waals surface area contributed by atoms with Gasteiger partial charge < -0.3 is 49.7 Å². The quantitative estimate of drug-likeness (QED) is 0.0889. The van der Waals surface area contributed by atoms with Crippen molar-refractivity contribution >= 4 is 73.1 Å². The Hall–Kier alpha value is -4.78. The van der Waals surface area contributed by atoms with Gasteiger partial charge in [-0.25, -0.2) is 13.6 Å². The van der Waals surface area contributed by atoms with Gasteiger partial charge in [-0.1, -0.05) is 12.2 Å². The normalized spacial score (nSPS) is 20.1. The highest BCUT2D eigenvalue weighted by Gasteiger charge is 2.37. The van der Waals surface area contributed by atoms with Crippen LogP contribution >= 0.6 is 23.8 Å². The molecule has 0 unspecified atom stereocenters.